The van der Waals surface area contributed by atoms with E-state index in [1.54, 1.807) is 36.6 Å². The molecule has 8 nitrogen and oxygen atoms in total. The summed E-state index contributed by atoms with van der Waals surface area (Å²) in [4.78, 5) is 22.4. The second-order valence-corrected chi connectivity index (χ2v) is 5.68. The van der Waals surface area contributed by atoms with Crippen molar-refractivity contribution in [3.05, 3.63) is 30.4 Å². The molecule has 23 heavy (non-hydrogen) atoms. The maximum absolute atomic E-state index is 11.9. The average molecular weight is 317 g/mol. The molecular weight excluding hydrogens is 298 g/mol. The highest BCUT2D eigenvalue weighted by Crippen LogP contribution is 2.34. The predicted octanol–water partition coefficient (Wildman–Crippen LogP) is 1.07. The summed E-state index contributed by atoms with van der Waals surface area (Å²) in [6.45, 7) is 2.99. The summed E-state index contributed by atoms with van der Waals surface area (Å²) >= 11 is 0. The number of aromatic nitrogens is 4. The molecule has 0 bridgehead atoms. The molecule has 0 aliphatic carbocycles. The second-order valence-electron chi connectivity index (χ2n) is 5.68. The zero-order valence-electron chi connectivity index (χ0n) is 13.1. The fraction of sp³-hybridized carbons (Fsp3) is 0.467. The number of carboxylic acids is 1. The molecule has 8 heteroatoms. The lowest BCUT2D eigenvalue weighted by molar-refractivity contribution is -0.149. The van der Waals surface area contributed by atoms with Crippen LogP contribution in [0.15, 0.2) is 24.8 Å². The Hall–Kier alpha value is -2.64. The van der Waals surface area contributed by atoms with Gasteiger partial charge in [-0.15, -0.1) is 0 Å². The van der Waals surface area contributed by atoms with E-state index in [0.717, 1.165) is 5.56 Å². The maximum Gasteiger partial charge on any atom is 0.331 e. The number of piperidine rings is 1. The van der Waals surface area contributed by atoms with Crippen molar-refractivity contribution in [2.45, 2.75) is 25.3 Å². The Kier molecular flexibility index (Phi) is 3.89. The zero-order valence-corrected chi connectivity index (χ0v) is 13.1. The van der Waals surface area contributed by atoms with Crippen LogP contribution in [0, 0.1) is 6.92 Å². The number of carboxylic acid groups (broad SMARTS) is 1. The van der Waals surface area contributed by atoms with Gasteiger partial charge in [0.05, 0.1) is 13.3 Å². The molecule has 2 aromatic rings. The van der Waals surface area contributed by atoms with Crippen LogP contribution in [-0.2, 0) is 10.3 Å². The summed E-state index contributed by atoms with van der Waals surface area (Å²) in [7, 11) is 1.55. The molecule has 2 aromatic heterocycles. The standard InChI is InChI=1S/C15H19N5O3/c1-11-9-18-20(10-11)15(14(21)22)3-7-19(8-4-15)12-13(23-2)17-6-5-16-12/h5-6,9-10H,3-4,7-8H2,1-2H3,(H,21,22). The molecule has 0 atom stereocenters. The van der Waals surface area contributed by atoms with Gasteiger partial charge in [-0.1, -0.05) is 0 Å². The van der Waals surface area contributed by atoms with Crippen LogP contribution < -0.4 is 9.64 Å². The molecule has 0 amide bonds. The van der Waals surface area contributed by atoms with E-state index in [-0.39, 0.29) is 0 Å². The van der Waals surface area contributed by atoms with E-state index in [0.29, 0.717) is 37.6 Å². The van der Waals surface area contributed by atoms with Crippen LogP contribution in [0.1, 0.15) is 18.4 Å². The van der Waals surface area contributed by atoms with Gasteiger partial charge in [0.15, 0.2) is 11.4 Å². The Morgan fingerprint density at radius 3 is 2.57 bits per heavy atom. The molecule has 0 aromatic carbocycles. The van der Waals surface area contributed by atoms with Crippen molar-refractivity contribution >= 4 is 11.8 Å². The van der Waals surface area contributed by atoms with Gasteiger partial charge in [0.1, 0.15) is 0 Å². The Morgan fingerprint density at radius 1 is 1.30 bits per heavy atom. The normalized spacial score (nSPS) is 17.0. The van der Waals surface area contributed by atoms with E-state index in [2.05, 4.69) is 15.1 Å². The number of carbonyl (C=O) groups is 1. The van der Waals surface area contributed by atoms with Crippen molar-refractivity contribution in [1.82, 2.24) is 19.7 Å². The van der Waals surface area contributed by atoms with Gasteiger partial charge in [0.2, 0.25) is 0 Å². The minimum absolute atomic E-state index is 0.434. The summed E-state index contributed by atoms with van der Waals surface area (Å²) in [6, 6.07) is 0. The molecule has 0 saturated carbocycles. The highest BCUT2D eigenvalue weighted by molar-refractivity contribution is 5.77. The Balaban J connectivity index is 1.84. The van der Waals surface area contributed by atoms with Crippen molar-refractivity contribution in [1.29, 1.82) is 0 Å². The van der Waals surface area contributed by atoms with Crippen LogP contribution in [0.2, 0.25) is 0 Å². The number of hydrogen-bond donors (Lipinski definition) is 1. The van der Waals surface area contributed by atoms with Gasteiger partial charge in [-0.2, -0.15) is 5.10 Å². The number of ether oxygens (including phenoxy) is 1. The monoisotopic (exact) mass is 317 g/mol. The molecule has 3 heterocycles. The lowest BCUT2D eigenvalue weighted by Crippen LogP contribution is -2.51. The smallest absolute Gasteiger partial charge is 0.331 e. The van der Waals surface area contributed by atoms with Gasteiger partial charge in [0.25, 0.3) is 5.88 Å². The molecule has 1 aliphatic rings. The maximum atomic E-state index is 11.9. The van der Waals surface area contributed by atoms with Gasteiger partial charge in [-0.3, -0.25) is 4.68 Å². The van der Waals surface area contributed by atoms with E-state index in [4.69, 9.17) is 4.74 Å². The summed E-state index contributed by atoms with van der Waals surface area (Å²) in [5.74, 6) is 0.238. The van der Waals surface area contributed by atoms with E-state index < -0.39 is 11.5 Å². The largest absolute Gasteiger partial charge is 0.479 e. The minimum atomic E-state index is -1.01. The highest BCUT2D eigenvalue weighted by Gasteiger charge is 2.44. The third-order valence-corrected chi connectivity index (χ3v) is 4.28. The molecule has 0 unspecified atom stereocenters. The Bertz CT molecular complexity index is 707. The molecule has 1 saturated heterocycles. The first-order valence-corrected chi connectivity index (χ1v) is 7.42. The third-order valence-electron chi connectivity index (χ3n) is 4.28. The predicted molar refractivity (Wildman–Crippen MR) is 82.6 cm³/mol. The average Bonchev–Trinajstić information content (AvgIpc) is 3.01. The summed E-state index contributed by atoms with van der Waals surface area (Å²) in [5.41, 5.74) is -0.0659. The van der Waals surface area contributed by atoms with Crippen molar-refractivity contribution in [3.8, 4) is 5.88 Å². The molecule has 0 spiro atoms. The molecule has 1 N–H and O–H groups in total. The van der Waals surface area contributed by atoms with Crippen LogP contribution in [0.3, 0.4) is 0 Å². The van der Waals surface area contributed by atoms with Crippen LogP contribution in [0.5, 0.6) is 5.88 Å². The SMILES string of the molecule is COc1nccnc1N1CCC(C(=O)O)(n2cc(C)cn2)CC1. The summed E-state index contributed by atoms with van der Waals surface area (Å²) < 4.78 is 6.82. The summed E-state index contributed by atoms with van der Waals surface area (Å²) in [5, 5.41) is 14.0. The van der Waals surface area contributed by atoms with E-state index in [1.165, 1.54) is 0 Å². The first-order valence-electron chi connectivity index (χ1n) is 7.42. The van der Waals surface area contributed by atoms with E-state index in [1.807, 2.05) is 11.8 Å². The highest BCUT2D eigenvalue weighted by atomic mass is 16.5. The van der Waals surface area contributed by atoms with Gasteiger partial charge in [0, 0.05) is 44.5 Å². The Morgan fingerprint density at radius 2 is 2.00 bits per heavy atom. The molecule has 122 valence electrons. The molecule has 1 fully saturated rings. The molecule has 1 aliphatic heterocycles. The van der Waals surface area contributed by atoms with Gasteiger partial charge in [-0.05, 0) is 12.5 Å². The lowest BCUT2D eigenvalue weighted by atomic mass is 9.87. The van der Waals surface area contributed by atoms with Crippen LogP contribution in [0.25, 0.3) is 0 Å². The molecule has 0 radical (unpaired) electrons. The Labute approximate surface area is 133 Å². The first kappa shape index (κ1) is 15.3. The number of hydrogen-bond acceptors (Lipinski definition) is 6. The first-order chi connectivity index (χ1) is 11.1. The number of aliphatic carboxylic acids is 1. The molecule has 3 rings (SSSR count). The zero-order chi connectivity index (χ0) is 16.4. The quantitative estimate of drug-likeness (QED) is 0.901. The molecular formula is C15H19N5O3. The van der Waals surface area contributed by atoms with Crippen molar-refractivity contribution in [3.63, 3.8) is 0 Å². The lowest BCUT2D eigenvalue weighted by Gasteiger charge is -2.39. The van der Waals surface area contributed by atoms with Gasteiger partial charge in [-0.25, -0.2) is 14.8 Å². The second kappa shape index (κ2) is 5.86. The number of nitrogens with zero attached hydrogens (tertiary/aromatic N) is 5. The number of methoxy groups -OCH3 is 1. The number of rotatable bonds is 4. The van der Waals surface area contributed by atoms with Crippen molar-refractivity contribution in [2.75, 3.05) is 25.1 Å². The van der Waals surface area contributed by atoms with Crippen LogP contribution >= 0.6 is 0 Å². The topological polar surface area (TPSA) is 93.4 Å². The fourth-order valence-corrected chi connectivity index (χ4v) is 2.96. The van der Waals surface area contributed by atoms with E-state index >= 15 is 0 Å². The van der Waals surface area contributed by atoms with Gasteiger partial charge < -0.3 is 14.7 Å². The van der Waals surface area contributed by atoms with Crippen LogP contribution in [0.4, 0.5) is 5.82 Å². The van der Waals surface area contributed by atoms with Crippen molar-refractivity contribution < 1.29 is 14.6 Å². The van der Waals surface area contributed by atoms with Crippen molar-refractivity contribution in [2.24, 2.45) is 0 Å². The minimum Gasteiger partial charge on any atom is -0.479 e. The fourth-order valence-electron chi connectivity index (χ4n) is 2.96. The van der Waals surface area contributed by atoms with E-state index in [9.17, 15) is 9.90 Å². The summed E-state index contributed by atoms with van der Waals surface area (Å²) in [6.07, 6.45) is 7.51. The third kappa shape index (κ3) is 2.60. The van der Waals surface area contributed by atoms with Crippen LogP contribution in [-0.4, -0.2) is 51.0 Å². The number of aryl methyl sites for hydroxylation is 1. The van der Waals surface area contributed by atoms with Gasteiger partial charge >= 0.3 is 5.97 Å². The number of anilines is 1.